The normalized spacial score (nSPS) is 13.6. The Bertz CT molecular complexity index is 1740. The van der Waals surface area contributed by atoms with Gasteiger partial charge >= 0.3 is 0 Å². The monoisotopic (exact) mass is 490 g/mol. The summed E-state index contributed by atoms with van der Waals surface area (Å²) in [6, 6.07) is 6.70. The topological polar surface area (TPSA) is 113 Å². The quantitative estimate of drug-likeness (QED) is 0.399. The Morgan fingerprint density at radius 2 is 2.00 bits per heavy atom. The number of hydrogen-bond donors (Lipinski definition) is 2. The summed E-state index contributed by atoms with van der Waals surface area (Å²) in [6.45, 7) is 1.37. The summed E-state index contributed by atoms with van der Waals surface area (Å²) < 4.78 is 32.4. The summed E-state index contributed by atoms with van der Waals surface area (Å²) >= 11 is 0. The number of rotatable bonds is 4. The highest BCUT2D eigenvalue weighted by molar-refractivity contribution is 5.92. The number of nitrogens with one attached hydrogen (secondary N) is 2. The van der Waals surface area contributed by atoms with Gasteiger partial charge in [0.2, 0.25) is 0 Å². The second kappa shape index (κ2) is 8.05. The largest absolute Gasteiger partial charge is 0.354 e. The number of carbonyl (C=O) groups is 1. The van der Waals surface area contributed by atoms with Crippen molar-refractivity contribution in [1.29, 1.82) is 0 Å². The number of aromatic nitrogens is 6. The number of fused-ring (bicyclic) bond motifs is 4. The third-order valence-corrected chi connectivity index (χ3v) is 6.52. The molecule has 2 N–H and O–H groups in total. The van der Waals surface area contributed by atoms with Crippen molar-refractivity contribution in [3.05, 3.63) is 81.3 Å². The number of aromatic amines is 1. The van der Waals surface area contributed by atoms with Gasteiger partial charge in [0, 0.05) is 51.1 Å². The van der Waals surface area contributed by atoms with Gasteiger partial charge in [0.1, 0.15) is 17.0 Å². The van der Waals surface area contributed by atoms with Gasteiger partial charge in [-0.25, -0.2) is 18.3 Å². The van der Waals surface area contributed by atoms with Crippen LogP contribution in [0.2, 0.25) is 0 Å². The van der Waals surface area contributed by atoms with Crippen molar-refractivity contribution in [3.63, 3.8) is 0 Å². The summed E-state index contributed by atoms with van der Waals surface area (Å²) in [7, 11) is 3.46. The third kappa shape index (κ3) is 3.29. The Hall–Kier alpha value is -4.45. The Labute approximate surface area is 202 Å². The van der Waals surface area contributed by atoms with Crippen molar-refractivity contribution in [2.45, 2.75) is 19.6 Å². The number of halogens is 2. The number of amides is 1. The zero-order valence-electron chi connectivity index (χ0n) is 19.3. The van der Waals surface area contributed by atoms with Gasteiger partial charge in [0.25, 0.3) is 11.5 Å². The molecule has 1 aliphatic heterocycles. The molecule has 12 heteroatoms. The predicted octanol–water partition coefficient (Wildman–Crippen LogP) is 2.12. The molecule has 0 atom stereocenters. The summed E-state index contributed by atoms with van der Waals surface area (Å²) in [6.07, 6.45) is 2.55. The van der Waals surface area contributed by atoms with Crippen molar-refractivity contribution in [2.75, 3.05) is 7.05 Å². The second-order valence-electron chi connectivity index (χ2n) is 8.68. The molecule has 0 bridgehead atoms. The highest BCUT2D eigenvalue weighted by Gasteiger charge is 2.27. The van der Waals surface area contributed by atoms with Gasteiger partial charge in [-0.1, -0.05) is 6.07 Å². The van der Waals surface area contributed by atoms with Crippen molar-refractivity contribution < 1.29 is 13.6 Å². The van der Waals surface area contributed by atoms with E-state index in [1.165, 1.54) is 0 Å². The van der Waals surface area contributed by atoms with E-state index in [1.807, 2.05) is 16.5 Å². The molecule has 0 aliphatic carbocycles. The fraction of sp³-hybridized carbons (Fsp3) is 0.208. The lowest BCUT2D eigenvalue weighted by Gasteiger charge is -2.17. The number of imidazole rings is 1. The summed E-state index contributed by atoms with van der Waals surface area (Å²) in [4.78, 5) is 37.5. The molecular formula is C24H20F2N8O2. The van der Waals surface area contributed by atoms with Gasteiger partial charge in [0.05, 0.1) is 23.1 Å². The van der Waals surface area contributed by atoms with Crippen LogP contribution < -0.4 is 10.9 Å². The van der Waals surface area contributed by atoms with E-state index >= 15 is 4.39 Å². The number of carbonyl (C=O) groups excluding carboxylic acids is 1. The maximum Gasteiger partial charge on any atom is 0.277 e. The van der Waals surface area contributed by atoms with Gasteiger partial charge in [-0.05, 0) is 18.2 Å². The molecule has 5 heterocycles. The Kier molecular flexibility index (Phi) is 4.93. The molecule has 36 heavy (non-hydrogen) atoms. The van der Waals surface area contributed by atoms with Crippen LogP contribution in [0.1, 0.15) is 27.4 Å². The van der Waals surface area contributed by atoms with E-state index in [-0.39, 0.29) is 22.5 Å². The number of H-pyrrole nitrogens is 1. The molecular weight excluding hydrogens is 470 g/mol. The lowest BCUT2D eigenvalue weighted by atomic mass is 10.1. The van der Waals surface area contributed by atoms with E-state index in [4.69, 9.17) is 4.98 Å². The van der Waals surface area contributed by atoms with E-state index < -0.39 is 17.2 Å². The first-order valence-electron chi connectivity index (χ1n) is 11.2. The van der Waals surface area contributed by atoms with Crippen LogP contribution in [0, 0.1) is 11.6 Å². The summed E-state index contributed by atoms with van der Waals surface area (Å²) in [5.41, 5.74) is 2.67. The third-order valence-electron chi connectivity index (χ3n) is 6.52. The van der Waals surface area contributed by atoms with E-state index in [0.717, 1.165) is 33.5 Å². The SMILES string of the molecule is CNC(=O)c1ccc(-c2nc3c(n2C)CN(Cc2ccc4c([nH]c(=O)c5c(F)cnn54)c2F)C3)cn1. The minimum atomic E-state index is -0.762. The zero-order chi connectivity index (χ0) is 25.1. The van der Waals surface area contributed by atoms with Gasteiger partial charge in [-0.3, -0.25) is 19.5 Å². The van der Waals surface area contributed by atoms with Crippen LogP contribution in [0.4, 0.5) is 8.78 Å². The Morgan fingerprint density at radius 3 is 2.72 bits per heavy atom. The van der Waals surface area contributed by atoms with E-state index in [1.54, 1.807) is 37.5 Å². The van der Waals surface area contributed by atoms with Gasteiger partial charge < -0.3 is 14.9 Å². The van der Waals surface area contributed by atoms with Crippen LogP contribution in [0.25, 0.3) is 27.9 Å². The Morgan fingerprint density at radius 1 is 1.17 bits per heavy atom. The average molecular weight is 490 g/mol. The summed E-state index contributed by atoms with van der Waals surface area (Å²) in [5.74, 6) is -0.858. The molecule has 182 valence electrons. The molecule has 1 aromatic carbocycles. The number of benzene rings is 1. The molecule has 1 aliphatic rings. The molecule has 0 unspecified atom stereocenters. The first kappa shape index (κ1) is 22.0. The first-order valence-corrected chi connectivity index (χ1v) is 11.2. The fourth-order valence-corrected chi connectivity index (χ4v) is 4.71. The average Bonchev–Trinajstić information content (AvgIpc) is 3.55. The highest BCUT2D eigenvalue weighted by atomic mass is 19.1. The maximum atomic E-state index is 15.4. The fourth-order valence-electron chi connectivity index (χ4n) is 4.71. The molecule has 4 aromatic heterocycles. The van der Waals surface area contributed by atoms with E-state index in [0.29, 0.717) is 30.9 Å². The highest BCUT2D eigenvalue weighted by Crippen LogP contribution is 2.30. The van der Waals surface area contributed by atoms with Crippen molar-refractivity contribution in [1.82, 2.24) is 39.3 Å². The van der Waals surface area contributed by atoms with Crippen molar-refractivity contribution in [2.24, 2.45) is 7.05 Å². The molecule has 0 saturated heterocycles. The number of nitrogens with zero attached hydrogens (tertiary/aromatic N) is 6. The van der Waals surface area contributed by atoms with Crippen LogP contribution in [0.5, 0.6) is 0 Å². The minimum Gasteiger partial charge on any atom is -0.354 e. The molecule has 0 fully saturated rings. The molecule has 0 radical (unpaired) electrons. The van der Waals surface area contributed by atoms with Gasteiger partial charge in [-0.15, -0.1) is 0 Å². The number of hydrogen-bond acceptors (Lipinski definition) is 6. The molecule has 6 rings (SSSR count). The van der Waals surface area contributed by atoms with E-state index in [9.17, 15) is 14.0 Å². The minimum absolute atomic E-state index is 0.0158. The van der Waals surface area contributed by atoms with Crippen molar-refractivity contribution >= 4 is 22.5 Å². The standard InChI is InChI=1S/C24H20F2N8O2/c1-27-23(35)15-5-3-12(7-28-15)22-30-16-10-33(11-18(16)32(22)2)9-13-4-6-17-20(19(13)26)31-24(36)21-14(25)8-29-34(17)21/h3-8H,9-11H2,1-2H3,(H,27,35)(H,31,36). The van der Waals surface area contributed by atoms with Crippen molar-refractivity contribution in [3.8, 4) is 11.4 Å². The number of pyridine rings is 1. The maximum absolute atomic E-state index is 15.4. The van der Waals surface area contributed by atoms with Crippen LogP contribution in [-0.2, 0) is 26.7 Å². The Balaban J connectivity index is 1.26. The lowest BCUT2D eigenvalue weighted by Crippen LogP contribution is -2.19. The first-order chi connectivity index (χ1) is 17.4. The lowest BCUT2D eigenvalue weighted by molar-refractivity contribution is 0.0958. The molecule has 5 aromatic rings. The van der Waals surface area contributed by atoms with Crippen LogP contribution >= 0.6 is 0 Å². The molecule has 0 saturated carbocycles. The zero-order valence-corrected chi connectivity index (χ0v) is 19.3. The van der Waals surface area contributed by atoms with Crippen LogP contribution in [0.3, 0.4) is 0 Å². The summed E-state index contributed by atoms with van der Waals surface area (Å²) in [5, 5.41) is 6.41. The van der Waals surface area contributed by atoms with Crippen LogP contribution in [0.15, 0.2) is 41.5 Å². The van der Waals surface area contributed by atoms with Crippen LogP contribution in [-0.4, -0.2) is 47.0 Å². The molecule has 1 amide bonds. The second-order valence-corrected chi connectivity index (χ2v) is 8.68. The molecule has 0 spiro atoms. The smallest absolute Gasteiger partial charge is 0.277 e. The van der Waals surface area contributed by atoms with Gasteiger partial charge in [-0.2, -0.15) is 5.10 Å². The predicted molar refractivity (Wildman–Crippen MR) is 126 cm³/mol. The van der Waals surface area contributed by atoms with Gasteiger partial charge in [0.15, 0.2) is 17.2 Å². The molecule has 10 nitrogen and oxygen atoms in total. The van der Waals surface area contributed by atoms with E-state index in [2.05, 4.69) is 20.4 Å².